The summed E-state index contributed by atoms with van der Waals surface area (Å²) in [7, 11) is 0. The standard InChI is InChI=1S/C14H19ClN2O/c15-12-7-10(8-16)1-2-13(12)18-14-9-17-5-3-11(14)4-6-17/h1-2,7,11,14H,3-6,8-9,16H2. The third-order valence-corrected chi connectivity index (χ3v) is 4.40. The molecule has 3 saturated heterocycles. The van der Waals surface area contributed by atoms with E-state index in [0.717, 1.165) is 17.9 Å². The Balaban J connectivity index is 1.72. The zero-order chi connectivity index (χ0) is 12.5. The van der Waals surface area contributed by atoms with E-state index in [1.54, 1.807) is 0 Å². The number of hydrogen-bond donors (Lipinski definition) is 1. The lowest BCUT2D eigenvalue weighted by molar-refractivity contribution is -0.00771. The fourth-order valence-electron chi connectivity index (χ4n) is 2.97. The van der Waals surface area contributed by atoms with Crippen LogP contribution in [0, 0.1) is 5.92 Å². The van der Waals surface area contributed by atoms with Gasteiger partial charge < -0.3 is 10.5 Å². The minimum Gasteiger partial charge on any atom is -0.487 e. The Morgan fingerprint density at radius 2 is 2.11 bits per heavy atom. The number of nitrogens with zero attached hydrogens (tertiary/aromatic N) is 1. The lowest BCUT2D eigenvalue weighted by atomic mass is 9.86. The van der Waals surface area contributed by atoms with Crippen molar-refractivity contribution in [1.29, 1.82) is 0 Å². The Kier molecular flexibility index (Phi) is 3.46. The van der Waals surface area contributed by atoms with Crippen LogP contribution in [0.15, 0.2) is 18.2 Å². The molecule has 4 heteroatoms. The summed E-state index contributed by atoms with van der Waals surface area (Å²) in [4.78, 5) is 2.48. The molecule has 0 saturated carbocycles. The van der Waals surface area contributed by atoms with E-state index >= 15 is 0 Å². The molecule has 3 heterocycles. The maximum atomic E-state index is 6.24. The minimum atomic E-state index is 0.300. The van der Waals surface area contributed by atoms with Crippen molar-refractivity contribution in [3.63, 3.8) is 0 Å². The molecular weight excluding hydrogens is 248 g/mol. The van der Waals surface area contributed by atoms with Crippen molar-refractivity contribution in [3.05, 3.63) is 28.8 Å². The molecule has 4 rings (SSSR count). The van der Waals surface area contributed by atoms with E-state index in [2.05, 4.69) is 4.90 Å². The summed E-state index contributed by atoms with van der Waals surface area (Å²) in [6.45, 7) is 4.01. The molecule has 1 aromatic carbocycles. The Morgan fingerprint density at radius 1 is 1.33 bits per heavy atom. The van der Waals surface area contributed by atoms with Gasteiger partial charge in [-0.15, -0.1) is 0 Å². The first kappa shape index (κ1) is 12.3. The van der Waals surface area contributed by atoms with Crippen LogP contribution in [-0.4, -0.2) is 30.6 Å². The van der Waals surface area contributed by atoms with E-state index in [4.69, 9.17) is 22.1 Å². The molecule has 0 aromatic heterocycles. The molecule has 0 amide bonds. The lowest BCUT2D eigenvalue weighted by Gasteiger charge is -2.44. The van der Waals surface area contributed by atoms with Gasteiger partial charge in [0.05, 0.1) is 5.02 Å². The number of benzene rings is 1. The molecule has 0 aliphatic carbocycles. The highest BCUT2D eigenvalue weighted by Gasteiger charge is 2.35. The molecule has 18 heavy (non-hydrogen) atoms. The topological polar surface area (TPSA) is 38.5 Å². The zero-order valence-corrected chi connectivity index (χ0v) is 11.2. The van der Waals surface area contributed by atoms with Crippen molar-refractivity contribution in [2.45, 2.75) is 25.5 Å². The van der Waals surface area contributed by atoms with Crippen molar-refractivity contribution in [1.82, 2.24) is 4.90 Å². The first-order chi connectivity index (χ1) is 8.76. The summed E-state index contributed by atoms with van der Waals surface area (Å²) in [5, 5.41) is 0.675. The quantitative estimate of drug-likeness (QED) is 0.912. The van der Waals surface area contributed by atoms with Gasteiger partial charge in [-0.1, -0.05) is 17.7 Å². The summed E-state index contributed by atoms with van der Waals surface area (Å²) in [6, 6.07) is 5.84. The predicted octanol–water partition coefficient (Wildman–Crippen LogP) is 2.27. The van der Waals surface area contributed by atoms with E-state index in [-0.39, 0.29) is 0 Å². The van der Waals surface area contributed by atoms with Gasteiger partial charge >= 0.3 is 0 Å². The summed E-state index contributed by atoms with van der Waals surface area (Å²) in [5.41, 5.74) is 6.64. The van der Waals surface area contributed by atoms with Gasteiger partial charge in [0.15, 0.2) is 0 Å². The Hall–Kier alpha value is -0.770. The number of hydrogen-bond acceptors (Lipinski definition) is 3. The molecule has 3 aliphatic rings. The van der Waals surface area contributed by atoms with Gasteiger partial charge in [0.1, 0.15) is 11.9 Å². The monoisotopic (exact) mass is 266 g/mol. The van der Waals surface area contributed by atoms with Crippen LogP contribution in [-0.2, 0) is 6.54 Å². The number of nitrogens with two attached hydrogens (primary N) is 1. The van der Waals surface area contributed by atoms with Gasteiger partial charge in [-0.3, -0.25) is 4.90 Å². The summed E-state index contributed by atoms with van der Waals surface area (Å²) in [5.74, 6) is 1.49. The fraction of sp³-hybridized carbons (Fsp3) is 0.571. The second-order valence-corrected chi connectivity index (χ2v) is 5.67. The second-order valence-electron chi connectivity index (χ2n) is 5.26. The molecule has 2 bridgehead atoms. The first-order valence-corrected chi connectivity index (χ1v) is 7.01. The second kappa shape index (κ2) is 5.08. The maximum Gasteiger partial charge on any atom is 0.138 e. The average molecular weight is 267 g/mol. The number of ether oxygens (including phenoxy) is 1. The van der Waals surface area contributed by atoms with Crippen molar-refractivity contribution >= 4 is 11.6 Å². The van der Waals surface area contributed by atoms with Crippen molar-refractivity contribution in [2.75, 3.05) is 19.6 Å². The highest BCUT2D eigenvalue weighted by molar-refractivity contribution is 6.32. The van der Waals surface area contributed by atoms with Crippen LogP contribution < -0.4 is 10.5 Å². The highest BCUT2D eigenvalue weighted by Crippen LogP contribution is 2.33. The molecule has 3 fully saturated rings. The zero-order valence-electron chi connectivity index (χ0n) is 10.4. The van der Waals surface area contributed by atoms with Crippen molar-refractivity contribution < 1.29 is 4.74 Å². The molecule has 1 atom stereocenters. The van der Waals surface area contributed by atoms with E-state index in [1.807, 2.05) is 18.2 Å². The molecule has 1 aromatic rings. The van der Waals surface area contributed by atoms with Crippen molar-refractivity contribution in [3.8, 4) is 5.75 Å². The van der Waals surface area contributed by atoms with Gasteiger partial charge in [0.25, 0.3) is 0 Å². The molecular formula is C14H19ClN2O. The summed E-state index contributed by atoms with van der Waals surface area (Å²) in [6.07, 6.45) is 2.81. The fourth-order valence-corrected chi connectivity index (χ4v) is 3.22. The first-order valence-electron chi connectivity index (χ1n) is 6.64. The van der Waals surface area contributed by atoms with Gasteiger partial charge in [-0.25, -0.2) is 0 Å². The molecule has 0 radical (unpaired) electrons. The largest absolute Gasteiger partial charge is 0.487 e. The van der Waals surface area contributed by atoms with E-state index < -0.39 is 0 Å². The highest BCUT2D eigenvalue weighted by atomic mass is 35.5. The molecule has 2 N–H and O–H groups in total. The normalized spacial score (nSPS) is 30.4. The van der Waals surface area contributed by atoms with Crippen LogP contribution >= 0.6 is 11.6 Å². The van der Waals surface area contributed by atoms with Crippen LogP contribution in [0.4, 0.5) is 0 Å². The maximum absolute atomic E-state index is 6.24. The summed E-state index contributed by atoms with van der Waals surface area (Å²) >= 11 is 6.24. The molecule has 3 nitrogen and oxygen atoms in total. The van der Waals surface area contributed by atoms with Gasteiger partial charge in [-0.05, 0) is 49.5 Å². The molecule has 98 valence electrons. The average Bonchev–Trinajstić information content (AvgIpc) is 2.42. The van der Waals surface area contributed by atoms with Crippen molar-refractivity contribution in [2.24, 2.45) is 11.7 Å². The Morgan fingerprint density at radius 3 is 2.67 bits per heavy atom. The van der Waals surface area contributed by atoms with Gasteiger partial charge in [-0.2, -0.15) is 0 Å². The molecule has 1 unspecified atom stereocenters. The number of piperidine rings is 3. The van der Waals surface area contributed by atoms with Crippen LogP contribution in [0.5, 0.6) is 5.75 Å². The van der Waals surface area contributed by atoms with Crippen LogP contribution in [0.2, 0.25) is 5.02 Å². The molecule has 0 spiro atoms. The summed E-state index contributed by atoms with van der Waals surface area (Å²) < 4.78 is 6.11. The van der Waals surface area contributed by atoms with Crippen LogP contribution in [0.25, 0.3) is 0 Å². The third kappa shape index (κ3) is 2.35. The third-order valence-electron chi connectivity index (χ3n) is 4.11. The van der Waals surface area contributed by atoms with E-state index in [1.165, 1.54) is 25.9 Å². The smallest absolute Gasteiger partial charge is 0.138 e. The number of fused-ring (bicyclic) bond motifs is 3. The predicted molar refractivity (Wildman–Crippen MR) is 72.9 cm³/mol. The van der Waals surface area contributed by atoms with E-state index in [0.29, 0.717) is 23.6 Å². The molecule has 3 aliphatic heterocycles. The van der Waals surface area contributed by atoms with Gasteiger partial charge in [0.2, 0.25) is 0 Å². The Labute approximate surface area is 113 Å². The minimum absolute atomic E-state index is 0.300. The number of rotatable bonds is 3. The van der Waals surface area contributed by atoms with E-state index in [9.17, 15) is 0 Å². The Bertz CT molecular complexity index is 430. The SMILES string of the molecule is NCc1ccc(OC2CN3CCC2CC3)c(Cl)c1. The van der Waals surface area contributed by atoms with Gasteiger partial charge in [0, 0.05) is 13.1 Å². The van der Waals surface area contributed by atoms with Crippen LogP contribution in [0.3, 0.4) is 0 Å². The van der Waals surface area contributed by atoms with Crippen LogP contribution in [0.1, 0.15) is 18.4 Å². The lowest BCUT2D eigenvalue weighted by Crippen LogP contribution is -2.52. The number of halogens is 1.